The van der Waals surface area contributed by atoms with Gasteiger partial charge in [-0.15, -0.1) is 0 Å². The van der Waals surface area contributed by atoms with Crippen LogP contribution in [0, 0.1) is 19.7 Å². The Kier molecular flexibility index (Phi) is 4.66. The van der Waals surface area contributed by atoms with Gasteiger partial charge in [-0.2, -0.15) is 5.10 Å². The first-order valence-corrected chi connectivity index (χ1v) is 9.21. The van der Waals surface area contributed by atoms with Gasteiger partial charge in [0.1, 0.15) is 12.4 Å². The number of aryl methyl sites for hydroxylation is 1. The molecule has 0 radical (unpaired) electrons. The molecule has 148 valence electrons. The lowest BCUT2D eigenvalue weighted by atomic mass is 10.2. The molecule has 4 rings (SSSR count). The fourth-order valence-electron chi connectivity index (χ4n) is 3.71. The van der Waals surface area contributed by atoms with Crippen molar-refractivity contribution in [3.8, 4) is 5.69 Å². The molecule has 2 aliphatic heterocycles. The SMILES string of the molecule is Cc1nn(-c2ccc(F)cc2)c(C)c1CNC(=O)N1CCN2C(=O)OCC2C1. The number of hydrogen-bond acceptors (Lipinski definition) is 4. The van der Waals surface area contributed by atoms with E-state index >= 15 is 0 Å². The third-order valence-corrected chi connectivity index (χ3v) is 5.33. The Morgan fingerprint density at radius 3 is 2.79 bits per heavy atom. The molecule has 1 unspecified atom stereocenters. The Bertz CT molecular complexity index is 911. The van der Waals surface area contributed by atoms with Gasteiger partial charge in [-0.3, -0.25) is 4.90 Å². The Morgan fingerprint density at radius 1 is 1.29 bits per heavy atom. The number of amides is 3. The predicted octanol–water partition coefficient (Wildman–Crippen LogP) is 1.97. The van der Waals surface area contributed by atoms with Gasteiger partial charge in [0.15, 0.2) is 0 Å². The number of hydrogen-bond donors (Lipinski definition) is 1. The van der Waals surface area contributed by atoms with Crippen LogP contribution in [0.1, 0.15) is 17.0 Å². The maximum absolute atomic E-state index is 13.2. The summed E-state index contributed by atoms with van der Waals surface area (Å²) in [5.74, 6) is -0.299. The molecule has 2 fully saturated rings. The molecular weight excluding hydrogens is 365 g/mol. The third kappa shape index (κ3) is 3.28. The average molecular weight is 387 g/mol. The van der Waals surface area contributed by atoms with Crippen molar-refractivity contribution in [2.24, 2.45) is 0 Å². The molecule has 0 spiro atoms. The van der Waals surface area contributed by atoms with E-state index < -0.39 is 0 Å². The van der Waals surface area contributed by atoms with Crippen molar-refractivity contribution in [2.45, 2.75) is 26.4 Å². The lowest BCUT2D eigenvalue weighted by Crippen LogP contribution is -2.55. The maximum atomic E-state index is 13.2. The lowest BCUT2D eigenvalue weighted by Gasteiger charge is -2.35. The molecule has 0 bridgehead atoms. The van der Waals surface area contributed by atoms with Gasteiger partial charge in [0.05, 0.1) is 17.4 Å². The van der Waals surface area contributed by atoms with Crippen LogP contribution in [0.2, 0.25) is 0 Å². The summed E-state index contributed by atoms with van der Waals surface area (Å²) >= 11 is 0. The number of halogens is 1. The molecule has 9 heteroatoms. The predicted molar refractivity (Wildman–Crippen MR) is 98.6 cm³/mol. The number of nitrogens with zero attached hydrogens (tertiary/aromatic N) is 4. The van der Waals surface area contributed by atoms with Crippen LogP contribution in [-0.4, -0.2) is 64.0 Å². The number of nitrogens with one attached hydrogen (secondary N) is 1. The number of cyclic esters (lactones) is 1. The van der Waals surface area contributed by atoms with E-state index in [4.69, 9.17) is 4.74 Å². The van der Waals surface area contributed by atoms with E-state index in [1.165, 1.54) is 12.1 Å². The van der Waals surface area contributed by atoms with E-state index in [1.807, 2.05) is 13.8 Å². The van der Waals surface area contributed by atoms with Crippen molar-refractivity contribution in [2.75, 3.05) is 26.2 Å². The number of fused-ring (bicyclic) bond motifs is 1. The highest BCUT2D eigenvalue weighted by atomic mass is 19.1. The monoisotopic (exact) mass is 387 g/mol. The van der Waals surface area contributed by atoms with Gasteiger partial charge in [0, 0.05) is 37.4 Å². The summed E-state index contributed by atoms with van der Waals surface area (Å²) in [6.07, 6.45) is -0.301. The van der Waals surface area contributed by atoms with Gasteiger partial charge in [-0.1, -0.05) is 0 Å². The highest BCUT2D eigenvalue weighted by molar-refractivity contribution is 5.76. The molecule has 8 nitrogen and oxygen atoms in total. The molecule has 1 atom stereocenters. The van der Waals surface area contributed by atoms with E-state index in [0.29, 0.717) is 32.8 Å². The van der Waals surface area contributed by atoms with Gasteiger partial charge >= 0.3 is 12.1 Å². The van der Waals surface area contributed by atoms with Crippen molar-refractivity contribution in [1.29, 1.82) is 0 Å². The van der Waals surface area contributed by atoms with Crippen LogP contribution in [0.5, 0.6) is 0 Å². The van der Waals surface area contributed by atoms with E-state index in [2.05, 4.69) is 10.4 Å². The second-order valence-electron chi connectivity index (χ2n) is 7.07. The summed E-state index contributed by atoms with van der Waals surface area (Å²) in [5, 5.41) is 7.47. The minimum absolute atomic E-state index is 0.0725. The first-order chi connectivity index (χ1) is 13.4. The normalized spacial score (nSPS) is 18.8. The van der Waals surface area contributed by atoms with Crippen molar-refractivity contribution in [3.05, 3.63) is 47.0 Å². The van der Waals surface area contributed by atoms with Gasteiger partial charge in [-0.25, -0.2) is 18.7 Å². The summed E-state index contributed by atoms with van der Waals surface area (Å²) in [4.78, 5) is 27.5. The number of urea groups is 1. The summed E-state index contributed by atoms with van der Waals surface area (Å²) in [6, 6.07) is 5.88. The van der Waals surface area contributed by atoms with Crippen LogP contribution in [-0.2, 0) is 11.3 Å². The molecule has 0 aliphatic carbocycles. The number of carbonyl (C=O) groups is 2. The standard InChI is InChI=1S/C19H22FN5O3/c1-12-17(13(2)25(22-12)15-5-3-14(20)4-6-15)9-21-18(26)23-7-8-24-16(10-23)11-28-19(24)27/h3-6,16H,7-11H2,1-2H3,(H,21,26). The van der Waals surface area contributed by atoms with E-state index in [9.17, 15) is 14.0 Å². The smallest absolute Gasteiger partial charge is 0.410 e. The molecular formula is C19H22FN5O3. The number of rotatable bonds is 3. The fraction of sp³-hybridized carbons (Fsp3) is 0.421. The Hall–Kier alpha value is -3.10. The molecule has 1 N–H and O–H groups in total. The summed E-state index contributed by atoms with van der Waals surface area (Å²) < 4.78 is 19.9. The Morgan fingerprint density at radius 2 is 2.04 bits per heavy atom. The highest BCUT2D eigenvalue weighted by Crippen LogP contribution is 2.20. The Balaban J connectivity index is 1.42. The lowest BCUT2D eigenvalue weighted by molar-refractivity contribution is 0.127. The zero-order valence-electron chi connectivity index (χ0n) is 15.8. The first kappa shape index (κ1) is 18.3. The minimum Gasteiger partial charge on any atom is -0.447 e. The zero-order chi connectivity index (χ0) is 19.8. The van der Waals surface area contributed by atoms with Crippen molar-refractivity contribution in [3.63, 3.8) is 0 Å². The van der Waals surface area contributed by atoms with Gasteiger partial charge in [0.25, 0.3) is 0 Å². The van der Waals surface area contributed by atoms with Crippen LogP contribution in [0.4, 0.5) is 14.0 Å². The first-order valence-electron chi connectivity index (χ1n) is 9.21. The summed E-state index contributed by atoms with van der Waals surface area (Å²) in [5.41, 5.74) is 3.39. The Labute approximate surface area is 161 Å². The number of carbonyl (C=O) groups excluding carboxylic acids is 2. The van der Waals surface area contributed by atoms with Crippen molar-refractivity contribution in [1.82, 2.24) is 24.9 Å². The number of aromatic nitrogens is 2. The van der Waals surface area contributed by atoms with Gasteiger partial charge in [0.2, 0.25) is 0 Å². The quantitative estimate of drug-likeness (QED) is 0.873. The van der Waals surface area contributed by atoms with Crippen LogP contribution >= 0.6 is 0 Å². The molecule has 2 aliphatic rings. The number of ether oxygens (including phenoxy) is 1. The fourth-order valence-corrected chi connectivity index (χ4v) is 3.71. The van der Waals surface area contributed by atoms with Crippen LogP contribution < -0.4 is 5.32 Å². The van der Waals surface area contributed by atoms with E-state index in [-0.39, 0.29) is 24.0 Å². The second kappa shape index (κ2) is 7.14. The number of piperazine rings is 1. The zero-order valence-corrected chi connectivity index (χ0v) is 15.8. The molecule has 1 aromatic carbocycles. The average Bonchev–Trinajstić information content (AvgIpc) is 3.20. The van der Waals surface area contributed by atoms with E-state index in [0.717, 1.165) is 22.6 Å². The van der Waals surface area contributed by atoms with Gasteiger partial charge < -0.3 is 15.0 Å². The summed E-state index contributed by atoms with van der Waals surface area (Å²) in [6.45, 7) is 5.90. The van der Waals surface area contributed by atoms with Gasteiger partial charge in [-0.05, 0) is 38.1 Å². The van der Waals surface area contributed by atoms with Crippen LogP contribution in [0.25, 0.3) is 5.69 Å². The van der Waals surface area contributed by atoms with Crippen LogP contribution in [0.3, 0.4) is 0 Å². The summed E-state index contributed by atoms with van der Waals surface area (Å²) in [7, 11) is 0. The van der Waals surface area contributed by atoms with Crippen LogP contribution in [0.15, 0.2) is 24.3 Å². The molecule has 3 heterocycles. The molecule has 1 aromatic heterocycles. The molecule has 2 aromatic rings. The van der Waals surface area contributed by atoms with E-state index in [1.54, 1.807) is 26.6 Å². The van der Waals surface area contributed by atoms with Crippen molar-refractivity contribution >= 4 is 12.1 Å². The highest BCUT2D eigenvalue weighted by Gasteiger charge is 2.38. The second-order valence-corrected chi connectivity index (χ2v) is 7.07. The maximum Gasteiger partial charge on any atom is 0.410 e. The molecule has 0 saturated carbocycles. The molecule has 2 saturated heterocycles. The largest absolute Gasteiger partial charge is 0.447 e. The number of benzene rings is 1. The topological polar surface area (TPSA) is 79.7 Å². The molecule has 28 heavy (non-hydrogen) atoms. The van der Waals surface area contributed by atoms with Crippen molar-refractivity contribution < 1.29 is 18.7 Å². The molecule has 3 amide bonds. The third-order valence-electron chi connectivity index (χ3n) is 5.33. The minimum atomic E-state index is -0.301.